The molecule has 28 heavy (non-hydrogen) atoms. The van der Waals surface area contributed by atoms with E-state index in [1.165, 1.54) is 23.7 Å². The standard InChI is InChI=1S/C18H18F3N5OS/c1-12-23-17(28-26-12)15-7-8-16(25-24-15)22-9-2-3-10-27-14-6-4-5-13(11-14)18(19,20)21/h4-8,11H,2-3,9-10H2,1H3,(H,22,25). The van der Waals surface area contributed by atoms with Crippen molar-refractivity contribution >= 4 is 17.4 Å². The fraction of sp³-hybridized carbons (Fsp3) is 0.333. The van der Waals surface area contributed by atoms with Crippen LogP contribution in [0, 0.1) is 6.92 Å². The van der Waals surface area contributed by atoms with Gasteiger partial charge in [-0.1, -0.05) is 6.07 Å². The van der Waals surface area contributed by atoms with Crippen LogP contribution in [0.2, 0.25) is 0 Å². The van der Waals surface area contributed by atoms with E-state index in [-0.39, 0.29) is 5.75 Å². The van der Waals surface area contributed by atoms with Crippen molar-refractivity contribution in [1.29, 1.82) is 0 Å². The fourth-order valence-electron chi connectivity index (χ4n) is 2.34. The normalized spacial score (nSPS) is 11.4. The molecule has 0 radical (unpaired) electrons. The van der Waals surface area contributed by atoms with Gasteiger partial charge in [0.2, 0.25) is 0 Å². The van der Waals surface area contributed by atoms with Crippen LogP contribution >= 0.6 is 11.5 Å². The Morgan fingerprint density at radius 2 is 1.96 bits per heavy atom. The number of anilines is 1. The average Bonchev–Trinajstić information content (AvgIpc) is 3.11. The summed E-state index contributed by atoms with van der Waals surface area (Å²) in [5.41, 5.74) is -0.0389. The molecule has 0 spiro atoms. The molecule has 0 amide bonds. The van der Waals surface area contributed by atoms with Crippen LogP contribution in [0.1, 0.15) is 24.2 Å². The summed E-state index contributed by atoms with van der Waals surface area (Å²) in [6.45, 7) is 2.81. The highest BCUT2D eigenvalue weighted by molar-refractivity contribution is 7.09. The van der Waals surface area contributed by atoms with Gasteiger partial charge in [-0.3, -0.25) is 0 Å². The number of hydrogen-bond acceptors (Lipinski definition) is 7. The number of halogens is 3. The lowest BCUT2D eigenvalue weighted by Crippen LogP contribution is -2.07. The van der Waals surface area contributed by atoms with E-state index in [1.54, 1.807) is 0 Å². The maximum atomic E-state index is 12.7. The smallest absolute Gasteiger partial charge is 0.416 e. The molecule has 10 heteroatoms. The molecule has 2 heterocycles. The van der Waals surface area contributed by atoms with E-state index in [0.717, 1.165) is 23.6 Å². The van der Waals surface area contributed by atoms with Gasteiger partial charge in [-0.25, -0.2) is 4.98 Å². The molecule has 0 unspecified atom stereocenters. The largest absolute Gasteiger partial charge is 0.494 e. The van der Waals surface area contributed by atoms with Crippen molar-refractivity contribution in [2.24, 2.45) is 0 Å². The predicted octanol–water partition coefficient (Wildman–Crippen LogP) is 4.59. The maximum Gasteiger partial charge on any atom is 0.416 e. The molecule has 148 valence electrons. The van der Waals surface area contributed by atoms with Gasteiger partial charge in [0.25, 0.3) is 0 Å². The van der Waals surface area contributed by atoms with Crippen molar-refractivity contribution in [2.75, 3.05) is 18.5 Å². The third kappa shape index (κ3) is 5.62. The summed E-state index contributed by atoms with van der Waals surface area (Å²) >= 11 is 1.28. The van der Waals surface area contributed by atoms with Gasteiger partial charge in [-0.15, -0.1) is 10.2 Å². The molecular weight excluding hydrogens is 391 g/mol. The summed E-state index contributed by atoms with van der Waals surface area (Å²) < 4.78 is 47.5. The van der Waals surface area contributed by atoms with Crippen molar-refractivity contribution < 1.29 is 17.9 Å². The second-order valence-corrected chi connectivity index (χ2v) is 6.71. The van der Waals surface area contributed by atoms with Gasteiger partial charge in [0.05, 0.1) is 12.2 Å². The quantitative estimate of drug-likeness (QED) is 0.549. The van der Waals surface area contributed by atoms with Gasteiger partial charge >= 0.3 is 6.18 Å². The fourth-order valence-corrected chi connectivity index (χ4v) is 2.97. The second kappa shape index (κ2) is 8.96. The monoisotopic (exact) mass is 409 g/mol. The number of hydrogen-bond donors (Lipinski definition) is 1. The van der Waals surface area contributed by atoms with Crippen LogP contribution in [0.5, 0.6) is 5.75 Å². The first-order valence-electron chi connectivity index (χ1n) is 8.60. The zero-order chi connectivity index (χ0) is 20.0. The number of aromatic nitrogens is 4. The Morgan fingerprint density at radius 1 is 1.11 bits per heavy atom. The topological polar surface area (TPSA) is 72.8 Å². The minimum atomic E-state index is -4.37. The number of nitrogens with one attached hydrogen (secondary N) is 1. The minimum Gasteiger partial charge on any atom is -0.494 e. The van der Waals surface area contributed by atoms with Crippen LogP contribution in [0.4, 0.5) is 19.0 Å². The van der Waals surface area contributed by atoms with Gasteiger partial charge in [0.15, 0.2) is 5.01 Å². The Labute approximate surface area is 164 Å². The van der Waals surface area contributed by atoms with Crippen LogP contribution in [-0.2, 0) is 6.18 Å². The number of nitrogens with zero attached hydrogens (tertiary/aromatic N) is 4. The molecule has 0 saturated carbocycles. The van der Waals surface area contributed by atoms with Crippen LogP contribution in [0.15, 0.2) is 36.4 Å². The Hall–Kier alpha value is -2.75. The maximum absolute atomic E-state index is 12.7. The summed E-state index contributed by atoms with van der Waals surface area (Å²) in [6, 6.07) is 8.53. The van der Waals surface area contributed by atoms with Gasteiger partial charge in [0, 0.05) is 6.54 Å². The van der Waals surface area contributed by atoms with Crippen molar-refractivity contribution in [2.45, 2.75) is 25.9 Å². The van der Waals surface area contributed by atoms with Gasteiger partial charge in [0.1, 0.15) is 23.1 Å². The zero-order valence-electron chi connectivity index (χ0n) is 15.0. The summed E-state index contributed by atoms with van der Waals surface area (Å²) in [5.74, 6) is 1.57. The van der Waals surface area contributed by atoms with Gasteiger partial charge in [-0.05, 0) is 61.6 Å². The first-order valence-corrected chi connectivity index (χ1v) is 9.37. The molecule has 0 saturated heterocycles. The third-order valence-corrected chi connectivity index (χ3v) is 4.55. The lowest BCUT2D eigenvalue weighted by atomic mass is 10.2. The van der Waals surface area contributed by atoms with Gasteiger partial charge in [-0.2, -0.15) is 17.5 Å². The molecule has 3 rings (SSSR count). The number of alkyl halides is 3. The summed E-state index contributed by atoms with van der Waals surface area (Å²) in [5, 5.41) is 12.1. The molecule has 1 N–H and O–H groups in total. The van der Waals surface area contributed by atoms with Crippen LogP contribution in [-0.4, -0.2) is 32.7 Å². The molecule has 3 aromatic rings. The third-order valence-electron chi connectivity index (χ3n) is 3.72. The van der Waals surface area contributed by atoms with E-state index in [4.69, 9.17) is 4.74 Å². The SMILES string of the molecule is Cc1nsc(-c2ccc(NCCCCOc3cccc(C(F)(F)F)c3)nn2)n1. The zero-order valence-corrected chi connectivity index (χ0v) is 15.8. The number of ether oxygens (including phenoxy) is 1. The molecule has 6 nitrogen and oxygen atoms in total. The van der Waals surface area contributed by atoms with E-state index < -0.39 is 11.7 Å². The Bertz CT molecular complexity index is 899. The molecular formula is C18H18F3N5OS. The van der Waals surface area contributed by atoms with Crippen molar-refractivity contribution in [1.82, 2.24) is 19.6 Å². The number of aryl methyl sites for hydroxylation is 1. The number of rotatable bonds is 8. The van der Waals surface area contributed by atoms with E-state index >= 15 is 0 Å². The lowest BCUT2D eigenvalue weighted by molar-refractivity contribution is -0.137. The number of unbranched alkanes of at least 4 members (excludes halogenated alkanes) is 1. The van der Waals surface area contributed by atoms with Crippen molar-refractivity contribution in [3.05, 3.63) is 47.8 Å². The molecule has 0 atom stereocenters. The summed E-state index contributed by atoms with van der Waals surface area (Å²) in [6.07, 6.45) is -2.90. The Morgan fingerprint density at radius 3 is 2.64 bits per heavy atom. The molecule has 2 aromatic heterocycles. The van der Waals surface area contributed by atoms with E-state index in [9.17, 15) is 13.2 Å². The minimum absolute atomic E-state index is 0.219. The molecule has 1 aromatic carbocycles. The first kappa shape index (κ1) is 20.0. The first-order chi connectivity index (χ1) is 13.4. The highest BCUT2D eigenvalue weighted by Gasteiger charge is 2.30. The highest BCUT2D eigenvalue weighted by atomic mass is 32.1. The summed E-state index contributed by atoms with van der Waals surface area (Å²) in [4.78, 5) is 4.26. The number of benzene rings is 1. The van der Waals surface area contributed by atoms with Gasteiger partial charge < -0.3 is 10.1 Å². The molecule has 0 aliphatic heterocycles. The van der Waals surface area contributed by atoms with Crippen LogP contribution in [0.25, 0.3) is 10.7 Å². The molecule has 0 fully saturated rings. The van der Waals surface area contributed by atoms with E-state index in [0.29, 0.717) is 36.9 Å². The predicted molar refractivity (Wildman–Crippen MR) is 100 cm³/mol. The van der Waals surface area contributed by atoms with E-state index in [2.05, 4.69) is 24.9 Å². The molecule has 0 bridgehead atoms. The van der Waals surface area contributed by atoms with Crippen molar-refractivity contribution in [3.8, 4) is 16.5 Å². The van der Waals surface area contributed by atoms with Crippen LogP contribution < -0.4 is 10.1 Å². The summed E-state index contributed by atoms with van der Waals surface area (Å²) in [7, 11) is 0. The van der Waals surface area contributed by atoms with E-state index in [1.807, 2.05) is 19.1 Å². The van der Waals surface area contributed by atoms with Crippen LogP contribution in [0.3, 0.4) is 0 Å². The highest BCUT2D eigenvalue weighted by Crippen LogP contribution is 2.31. The lowest BCUT2D eigenvalue weighted by Gasteiger charge is -2.10. The molecule has 0 aliphatic rings. The Kier molecular flexibility index (Phi) is 6.40. The second-order valence-electron chi connectivity index (χ2n) is 5.96. The molecule has 0 aliphatic carbocycles. The Balaban J connectivity index is 1.37. The van der Waals surface area contributed by atoms with Crippen molar-refractivity contribution in [3.63, 3.8) is 0 Å². The average molecular weight is 409 g/mol.